The highest BCUT2D eigenvalue weighted by atomic mass is 16.6. The SMILES string of the molecule is O=C(CCN1CCCNCC1)c1ccc2c(c1)OCCO2. The van der Waals surface area contributed by atoms with Gasteiger partial charge in [-0.3, -0.25) is 4.79 Å². The molecule has 2 aliphatic rings. The van der Waals surface area contributed by atoms with Crippen molar-refractivity contribution < 1.29 is 14.3 Å². The average molecular weight is 290 g/mol. The lowest BCUT2D eigenvalue weighted by Crippen LogP contribution is -2.30. The number of hydrogen-bond acceptors (Lipinski definition) is 5. The summed E-state index contributed by atoms with van der Waals surface area (Å²) in [5, 5.41) is 3.37. The van der Waals surface area contributed by atoms with Crippen molar-refractivity contribution in [3.63, 3.8) is 0 Å². The smallest absolute Gasteiger partial charge is 0.164 e. The molecule has 21 heavy (non-hydrogen) atoms. The molecule has 0 unspecified atom stereocenters. The molecule has 1 aromatic rings. The number of carbonyl (C=O) groups is 1. The van der Waals surface area contributed by atoms with Gasteiger partial charge in [0, 0.05) is 31.6 Å². The number of hydrogen-bond donors (Lipinski definition) is 1. The number of rotatable bonds is 4. The third-order valence-corrected chi connectivity index (χ3v) is 3.95. The first-order valence-corrected chi connectivity index (χ1v) is 7.69. The van der Waals surface area contributed by atoms with E-state index in [4.69, 9.17) is 9.47 Å². The molecule has 1 saturated heterocycles. The van der Waals surface area contributed by atoms with Gasteiger partial charge in [-0.1, -0.05) is 0 Å². The van der Waals surface area contributed by atoms with E-state index >= 15 is 0 Å². The zero-order valence-corrected chi connectivity index (χ0v) is 12.3. The molecule has 0 bridgehead atoms. The average Bonchev–Trinajstić information content (AvgIpc) is 2.81. The Labute approximate surface area is 125 Å². The van der Waals surface area contributed by atoms with Crippen LogP contribution in [0.3, 0.4) is 0 Å². The van der Waals surface area contributed by atoms with E-state index in [0.29, 0.717) is 30.9 Å². The summed E-state index contributed by atoms with van der Waals surface area (Å²) < 4.78 is 11.0. The summed E-state index contributed by atoms with van der Waals surface area (Å²) in [6, 6.07) is 5.47. The molecule has 0 atom stereocenters. The van der Waals surface area contributed by atoms with Crippen LogP contribution in [-0.2, 0) is 0 Å². The van der Waals surface area contributed by atoms with E-state index in [-0.39, 0.29) is 5.78 Å². The minimum atomic E-state index is 0.171. The molecule has 0 aliphatic carbocycles. The molecule has 1 N–H and O–H groups in total. The fraction of sp³-hybridized carbons (Fsp3) is 0.562. The van der Waals surface area contributed by atoms with Crippen molar-refractivity contribution in [1.82, 2.24) is 10.2 Å². The van der Waals surface area contributed by atoms with E-state index in [2.05, 4.69) is 10.2 Å². The monoisotopic (exact) mass is 290 g/mol. The number of carbonyl (C=O) groups excluding carboxylic acids is 1. The third kappa shape index (κ3) is 3.74. The van der Waals surface area contributed by atoms with Crippen LogP contribution in [0, 0.1) is 0 Å². The van der Waals surface area contributed by atoms with Crippen LogP contribution in [0.1, 0.15) is 23.2 Å². The van der Waals surface area contributed by atoms with Crippen LogP contribution in [0.5, 0.6) is 11.5 Å². The Kier molecular flexibility index (Phi) is 4.72. The quantitative estimate of drug-likeness (QED) is 0.848. The molecule has 1 aromatic carbocycles. The molecular weight excluding hydrogens is 268 g/mol. The summed E-state index contributed by atoms with van der Waals surface area (Å²) in [6.07, 6.45) is 1.71. The predicted octanol–water partition coefficient (Wildman–Crippen LogP) is 1.33. The van der Waals surface area contributed by atoms with E-state index in [0.717, 1.165) is 44.9 Å². The Balaban J connectivity index is 1.57. The Morgan fingerprint density at radius 2 is 2.00 bits per heavy atom. The number of fused-ring (bicyclic) bond motifs is 1. The minimum Gasteiger partial charge on any atom is -0.486 e. The number of benzene rings is 1. The van der Waals surface area contributed by atoms with Crippen molar-refractivity contribution in [3.8, 4) is 11.5 Å². The largest absolute Gasteiger partial charge is 0.486 e. The maximum Gasteiger partial charge on any atom is 0.164 e. The molecule has 0 spiro atoms. The Hall–Kier alpha value is -1.59. The molecule has 0 radical (unpaired) electrons. The van der Waals surface area contributed by atoms with Gasteiger partial charge < -0.3 is 19.7 Å². The third-order valence-electron chi connectivity index (χ3n) is 3.95. The van der Waals surface area contributed by atoms with Gasteiger partial charge in [0.15, 0.2) is 17.3 Å². The summed E-state index contributed by atoms with van der Waals surface area (Å²) in [6.45, 7) is 6.13. The van der Waals surface area contributed by atoms with Crippen molar-refractivity contribution in [3.05, 3.63) is 23.8 Å². The lowest BCUT2D eigenvalue weighted by Gasteiger charge is -2.20. The normalized spacial score (nSPS) is 19.0. The summed E-state index contributed by atoms with van der Waals surface area (Å²) in [7, 11) is 0. The molecule has 5 heteroatoms. The van der Waals surface area contributed by atoms with Crippen LogP contribution in [0.2, 0.25) is 0 Å². The first kappa shape index (κ1) is 14.4. The molecule has 0 saturated carbocycles. The molecule has 2 aliphatic heterocycles. The highest BCUT2D eigenvalue weighted by Gasteiger charge is 2.16. The summed E-state index contributed by atoms with van der Waals surface area (Å²) in [5.41, 5.74) is 0.715. The Morgan fingerprint density at radius 3 is 2.90 bits per heavy atom. The van der Waals surface area contributed by atoms with Gasteiger partial charge in [-0.25, -0.2) is 0 Å². The van der Waals surface area contributed by atoms with Gasteiger partial charge in [0.25, 0.3) is 0 Å². The van der Waals surface area contributed by atoms with E-state index in [1.165, 1.54) is 0 Å². The molecule has 114 valence electrons. The Morgan fingerprint density at radius 1 is 1.14 bits per heavy atom. The number of nitrogens with one attached hydrogen (secondary N) is 1. The number of Topliss-reactive ketones (excluding diaryl/α,β-unsaturated/α-hetero) is 1. The van der Waals surface area contributed by atoms with Crippen molar-refractivity contribution in [1.29, 1.82) is 0 Å². The van der Waals surface area contributed by atoms with Gasteiger partial charge >= 0.3 is 0 Å². The van der Waals surface area contributed by atoms with Gasteiger partial charge in [-0.15, -0.1) is 0 Å². The van der Waals surface area contributed by atoms with Crippen LogP contribution < -0.4 is 14.8 Å². The fourth-order valence-corrected chi connectivity index (χ4v) is 2.75. The van der Waals surface area contributed by atoms with E-state index < -0.39 is 0 Å². The lowest BCUT2D eigenvalue weighted by atomic mass is 10.1. The van der Waals surface area contributed by atoms with E-state index in [1.807, 2.05) is 12.1 Å². The maximum atomic E-state index is 12.3. The van der Waals surface area contributed by atoms with Crippen molar-refractivity contribution >= 4 is 5.78 Å². The van der Waals surface area contributed by atoms with Gasteiger partial charge in [0.05, 0.1) is 0 Å². The summed E-state index contributed by atoms with van der Waals surface area (Å²) in [4.78, 5) is 14.7. The molecule has 1 fully saturated rings. The molecule has 0 amide bonds. The van der Waals surface area contributed by atoms with E-state index in [9.17, 15) is 4.79 Å². The number of ether oxygens (including phenoxy) is 2. The number of ketones is 1. The van der Waals surface area contributed by atoms with Crippen LogP contribution in [0.15, 0.2) is 18.2 Å². The van der Waals surface area contributed by atoms with Crippen molar-refractivity contribution in [2.45, 2.75) is 12.8 Å². The second-order valence-corrected chi connectivity index (χ2v) is 5.48. The van der Waals surface area contributed by atoms with Gasteiger partial charge in [0.2, 0.25) is 0 Å². The second kappa shape index (κ2) is 6.91. The highest BCUT2D eigenvalue weighted by molar-refractivity contribution is 5.96. The van der Waals surface area contributed by atoms with Gasteiger partial charge in [-0.05, 0) is 37.7 Å². The van der Waals surface area contributed by atoms with Crippen LogP contribution in [0.25, 0.3) is 0 Å². The highest BCUT2D eigenvalue weighted by Crippen LogP contribution is 2.31. The molecule has 0 aromatic heterocycles. The van der Waals surface area contributed by atoms with Gasteiger partial charge in [-0.2, -0.15) is 0 Å². The second-order valence-electron chi connectivity index (χ2n) is 5.48. The predicted molar refractivity (Wildman–Crippen MR) is 80.3 cm³/mol. The summed E-state index contributed by atoms with van der Waals surface area (Å²) >= 11 is 0. The minimum absolute atomic E-state index is 0.171. The van der Waals surface area contributed by atoms with Gasteiger partial charge in [0.1, 0.15) is 13.2 Å². The maximum absolute atomic E-state index is 12.3. The van der Waals surface area contributed by atoms with Crippen LogP contribution in [-0.4, -0.2) is 56.6 Å². The topological polar surface area (TPSA) is 50.8 Å². The first-order chi connectivity index (χ1) is 10.3. The standard InChI is InChI=1S/C16H22N2O3/c19-14(4-8-18-7-1-5-17-6-9-18)13-2-3-15-16(12-13)21-11-10-20-15/h2-3,12,17H,1,4-11H2. The van der Waals surface area contributed by atoms with E-state index in [1.54, 1.807) is 6.07 Å². The zero-order valence-electron chi connectivity index (χ0n) is 12.3. The molecular formula is C16H22N2O3. The molecule has 2 heterocycles. The lowest BCUT2D eigenvalue weighted by molar-refractivity contribution is 0.0964. The van der Waals surface area contributed by atoms with Crippen LogP contribution in [0.4, 0.5) is 0 Å². The number of nitrogens with zero attached hydrogens (tertiary/aromatic N) is 1. The van der Waals surface area contributed by atoms with Crippen molar-refractivity contribution in [2.24, 2.45) is 0 Å². The van der Waals surface area contributed by atoms with Crippen LogP contribution >= 0.6 is 0 Å². The molecule has 5 nitrogen and oxygen atoms in total. The first-order valence-electron chi connectivity index (χ1n) is 7.69. The zero-order chi connectivity index (χ0) is 14.5. The fourth-order valence-electron chi connectivity index (χ4n) is 2.75. The Bertz CT molecular complexity index is 496. The summed E-state index contributed by atoms with van der Waals surface area (Å²) in [5.74, 6) is 1.59. The molecule has 3 rings (SSSR count). The van der Waals surface area contributed by atoms with Crippen molar-refractivity contribution in [2.75, 3.05) is 45.9 Å².